The average Bonchev–Trinajstić information content (AvgIpc) is 2.39. The Morgan fingerprint density at radius 1 is 1.14 bits per heavy atom. The van der Waals surface area contributed by atoms with Crippen molar-refractivity contribution in [2.45, 2.75) is 43.5 Å². The van der Waals surface area contributed by atoms with Crippen LogP contribution in [-0.4, -0.2) is 30.1 Å². The molecule has 7 heteroatoms. The van der Waals surface area contributed by atoms with E-state index >= 15 is 0 Å². The molecule has 0 heterocycles. The van der Waals surface area contributed by atoms with Crippen molar-refractivity contribution in [2.24, 2.45) is 11.7 Å². The fourth-order valence-corrected chi connectivity index (χ4v) is 2.56. The molecule has 0 spiro atoms. The Bertz CT molecular complexity index is 560. The molecule has 0 aliphatic heterocycles. The SMILES string of the molecule is Cc1ccc(S(=O)(=O)O)cc1.N[C@H]1CC[C@@H](C(=O)O)CC1. The summed E-state index contributed by atoms with van der Waals surface area (Å²) in [6.07, 6.45) is 3.26. The normalized spacial score (nSPS) is 22.0. The van der Waals surface area contributed by atoms with Crippen molar-refractivity contribution in [2.75, 3.05) is 0 Å². The molecule has 0 atom stereocenters. The summed E-state index contributed by atoms with van der Waals surface area (Å²) in [5.74, 6) is -0.785. The third-order valence-electron chi connectivity index (χ3n) is 3.44. The molecule has 1 aromatic rings. The van der Waals surface area contributed by atoms with Crippen LogP contribution in [0.25, 0.3) is 0 Å². The van der Waals surface area contributed by atoms with Crippen LogP contribution in [0.1, 0.15) is 31.2 Å². The highest BCUT2D eigenvalue weighted by molar-refractivity contribution is 7.85. The van der Waals surface area contributed by atoms with Gasteiger partial charge in [-0.25, -0.2) is 0 Å². The number of rotatable bonds is 2. The number of carboxylic acid groups (broad SMARTS) is 1. The summed E-state index contributed by atoms with van der Waals surface area (Å²) in [6, 6.07) is 6.23. The van der Waals surface area contributed by atoms with Gasteiger partial charge in [-0.3, -0.25) is 9.35 Å². The van der Waals surface area contributed by atoms with Crippen molar-refractivity contribution in [3.8, 4) is 0 Å². The van der Waals surface area contributed by atoms with Gasteiger partial charge < -0.3 is 10.8 Å². The van der Waals surface area contributed by atoms with Crippen LogP contribution < -0.4 is 5.73 Å². The number of aryl methyl sites for hydroxylation is 1. The fraction of sp³-hybridized carbons (Fsp3) is 0.500. The monoisotopic (exact) mass is 315 g/mol. The van der Waals surface area contributed by atoms with E-state index in [9.17, 15) is 13.2 Å². The molecule has 118 valence electrons. The lowest BCUT2D eigenvalue weighted by Crippen LogP contribution is -2.29. The van der Waals surface area contributed by atoms with Gasteiger partial charge in [-0.2, -0.15) is 8.42 Å². The summed E-state index contributed by atoms with van der Waals surface area (Å²) in [7, 11) is -4.02. The quantitative estimate of drug-likeness (QED) is 0.717. The highest BCUT2D eigenvalue weighted by Crippen LogP contribution is 2.22. The Kier molecular flexibility index (Phi) is 6.32. The van der Waals surface area contributed by atoms with Gasteiger partial charge >= 0.3 is 5.97 Å². The zero-order chi connectivity index (χ0) is 16.0. The first-order chi connectivity index (χ1) is 9.70. The predicted octanol–water partition coefficient (Wildman–Crippen LogP) is 1.83. The van der Waals surface area contributed by atoms with E-state index in [-0.39, 0.29) is 16.9 Å². The van der Waals surface area contributed by atoms with Crippen LogP contribution in [-0.2, 0) is 14.9 Å². The van der Waals surface area contributed by atoms with Crippen molar-refractivity contribution in [1.29, 1.82) is 0 Å². The molecule has 6 nitrogen and oxygen atoms in total. The third kappa shape index (κ3) is 6.24. The van der Waals surface area contributed by atoms with Gasteiger partial charge in [0.2, 0.25) is 0 Å². The molecule has 4 N–H and O–H groups in total. The summed E-state index contributed by atoms with van der Waals surface area (Å²) >= 11 is 0. The molecular formula is C14H21NO5S. The number of hydrogen-bond donors (Lipinski definition) is 3. The van der Waals surface area contributed by atoms with Gasteiger partial charge in [-0.1, -0.05) is 17.7 Å². The van der Waals surface area contributed by atoms with Gasteiger partial charge in [0.25, 0.3) is 10.1 Å². The van der Waals surface area contributed by atoms with Gasteiger partial charge in [0.1, 0.15) is 0 Å². The van der Waals surface area contributed by atoms with Crippen LogP contribution in [0.2, 0.25) is 0 Å². The summed E-state index contributed by atoms with van der Waals surface area (Å²) in [6.45, 7) is 1.84. The molecule has 21 heavy (non-hydrogen) atoms. The van der Waals surface area contributed by atoms with Gasteiger partial charge in [-0.15, -0.1) is 0 Å². The summed E-state index contributed by atoms with van der Waals surface area (Å²) in [5, 5.41) is 8.58. The molecule has 0 radical (unpaired) electrons. The molecule has 1 aromatic carbocycles. The van der Waals surface area contributed by atoms with Crippen LogP contribution in [0, 0.1) is 12.8 Å². The van der Waals surface area contributed by atoms with Crippen molar-refractivity contribution < 1.29 is 22.9 Å². The minimum Gasteiger partial charge on any atom is -0.481 e. The van der Waals surface area contributed by atoms with Crippen LogP contribution in [0.15, 0.2) is 29.2 Å². The Balaban J connectivity index is 0.000000211. The van der Waals surface area contributed by atoms with Crippen LogP contribution in [0.3, 0.4) is 0 Å². The molecule has 0 amide bonds. The maximum absolute atomic E-state index is 10.5. The summed E-state index contributed by atoms with van der Waals surface area (Å²) in [4.78, 5) is 10.4. The van der Waals surface area contributed by atoms with Crippen molar-refractivity contribution >= 4 is 16.1 Å². The molecule has 1 saturated carbocycles. The second kappa shape index (κ2) is 7.53. The number of aliphatic carboxylic acids is 1. The van der Waals surface area contributed by atoms with Gasteiger partial charge in [0.05, 0.1) is 10.8 Å². The van der Waals surface area contributed by atoms with Crippen molar-refractivity contribution in [1.82, 2.24) is 0 Å². The maximum Gasteiger partial charge on any atom is 0.306 e. The van der Waals surface area contributed by atoms with E-state index in [4.69, 9.17) is 15.4 Å². The van der Waals surface area contributed by atoms with Crippen molar-refractivity contribution in [3.05, 3.63) is 29.8 Å². The lowest BCUT2D eigenvalue weighted by atomic mass is 9.87. The Morgan fingerprint density at radius 3 is 2.00 bits per heavy atom. The first kappa shape index (κ1) is 17.6. The first-order valence-electron chi connectivity index (χ1n) is 6.72. The average molecular weight is 315 g/mol. The van der Waals surface area contributed by atoms with E-state index in [0.29, 0.717) is 0 Å². The predicted molar refractivity (Wildman–Crippen MR) is 78.6 cm³/mol. The molecule has 1 fully saturated rings. The maximum atomic E-state index is 10.5. The van der Waals surface area contributed by atoms with Crippen molar-refractivity contribution in [3.63, 3.8) is 0 Å². The zero-order valence-electron chi connectivity index (χ0n) is 11.9. The van der Waals surface area contributed by atoms with E-state index in [1.807, 2.05) is 6.92 Å². The molecular weight excluding hydrogens is 294 g/mol. The zero-order valence-corrected chi connectivity index (χ0v) is 12.7. The largest absolute Gasteiger partial charge is 0.481 e. The number of nitrogens with two attached hydrogens (primary N) is 1. The number of hydrogen-bond acceptors (Lipinski definition) is 4. The second-order valence-electron chi connectivity index (χ2n) is 5.24. The minimum atomic E-state index is -4.02. The lowest BCUT2D eigenvalue weighted by Gasteiger charge is -2.22. The Hall–Kier alpha value is -1.44. The molecule has 1 aliphatic carbocycles. The second-order valence-corrected chi connectivity index (χ2v) is 6.66. The smallest absolute Gasteiger partial charge is 0.306 e. The van der Waals surface area contributed by atoms with Crippen LogP contribution in [0.5, 0.6) is 0 Å². The number of carbonyl (C=O) groups is 1. The van der Waals surface area contributed by atoms with E-state index in [0.717, 1.165) is 31.2 Å². The van der Waals surface area contributed by atoms with Gasteiger partial charge in [0, 0.05) is 6.04 Å². The highest BCUT2D eigenvalue weighted by Gasteiger charge is 2.23. The van der Waals surface area contributed by atoms with E-state index in [2.05, 4.69) is 0 Å². The van der Waals surface area contributed by atoms with Crippen LogP contribution >= 0.6 is 0 Å². The van der Waals surface area contributed by atoms with E-state index in [1.165, 1.54) is 12.1 Å². The fourth-order valence-electron chi connectivity index (χ4n) is 2.08. The summed E-state index contributed by atoms with van der Waals surface area (Å²) < 4.78 is 29.6. The minimum absolute atomic E-state index is 0.0666. The topological polar surface area (TPSA) is 118 Å². The molecule has 0 aromatic heterocycles. The molecule has 0 bridgehead atoms. The van der Waals surface area contributed by atoms with Gasteiger partial charge in [0.15, 0.2) is 0 Å². The molecule has 0 unspecified atom stereocenters. The van der Waals surface area contributed by atoms with E-state index in [1.54, 1.807) is 12.1 Å². The molecule has 2 rings (SSSR count). The Labute approximate surface area is 124 Å². The Morgan fingerprint density at radius 2 is 1.62 bits per heavy atom. The van der Waals surface area contributed by atoms with Crippen LogP contribution in [0.4, 0.5) is 0 Å². The lowest BCUT2D eigenvalue weighted by molar-refractivity contribution is -0.142. The molecule has 1 aliphatic rings. The standard InChI is InChI=1S/C7H13NO2.C7H8O3S/c8-6-3-1-5(2-4-6)7(9)10;1-6-2-4-7(5-3-6)11(8,9)10/h5-6H,1-4,8H2,(H,9,10);2-5H,1H3,(H,8,9,10)/t5-,6+;. The number of carboxylic acids is 1. The first-order valence-corrected chi connectivity index (χ1v) is 8.16. The highest BCUT2D eigenvalue weighted by atomic mass is 32.2. The number of benzene rings is 1. The van der Waals surface area contributed by atoms with E-state index < -0.39 is 16.1 Å². The third-order valence-corrected chi connectivity index (χ3v) is 4.31. The van der Waals surface area contributed by atoms with Gasteiger partial charge in [-0.05, 0) is 44.7 Å². The summed E-state index contributed by atoms with van der Waals surface area (Å²) in [5.41, 5.74) is 6.56. The molecule has 0 saturated heterocycles.